The number of carbonyl (C=O) groups excluding carboxylic acids is 1. The standard InChI is InChI=1S/C20H19BrN2O5/c21-16-12-15(23(25)26)2-3-17(16)22-7-5-13(6-8-22)20(24)14-1-4-18-19(11-14)28-10-9-27-18/h1-4,11-13H,5-10H2. The molecule has 0 amide bonds. The fourth-order valence-electron chi connectivity index (χ4n) is 3.68. The molecule has 28 heavy (non-hydrogen) atoms. The number of carbonyl (C=O) groups is 1. The van der Waals surface area contributed by atoms with E-state index in [9.17, 15) is 14.9 Å². The second-order valence-electron chi connectivity index (χ2n) is 6.88. The second-order valence-corrected chi connectivity index (χ2v) is 7.73. The number of ether oxygens (including phenoxy) is 2. The molecule has 4 rings (SSSR count). The van der Waals surface area contributed by atoms with Gasteiger partial charge in [0, 0.05) is 41.2 Å². The molecule has 0 atom stereocenters. The number of nitrogens with zero attached hydrogens (tertiary/aromatic N) is 2. The van der Waals surface area contributed by atoms with Crippen LogP contribution in [0.2, 0.25) is 0 Å². The Morgan fingerprint density at radius 3 is 2.46 bits per heavy atom. The second kappa shape index (κ2) is 7.79. The van der Waals surface area contributed by atoms with Crippen molar-refractivity contribution in [2.75, 3.05) is 31.2 Å². The SMILES string of the molecule is O=C(c1ccc2c(c1)OCCO2)C1CCN(c2ccc([N+](=O)[O-])cc2Br)CC1. The summed E-state index contributed by atoms with van der Waals surface area (Å²) < 4.78 is 11.8. The molecule has 2 aromatic carbocycles. The summed E-state index contributed by atoms with van der Waals surface area (Å²) in [6, 6.07) is 10.1. The van der Waals surface area contributed by atoms with Crippen molar-refractivity contribution in [3.05, 3.63) is 56.5 Å². The van der Waals surface area contributed by atoms with Crippen molar-refractivity contribution in [2.45, 2.75) is 12.8 Å². The lowest BCUT2D eigenvalue weighted by Gasteiger charge is -2.33. The minimum atomic E-state index is -0.410. The van der Waals surface area contributed by atoms with Crippen LogP contribution in [0.4, 0.5) is 11.4 Å². The summed E-state index contributed by atoms with van der Waals surface area (Å²) in [5, 5.41) is 10.9. The summed E-state index contributed by atoms with van der Waals surface area (Å²) in [4.78, 5) is 25.6. The van der Waals surface area contributed by atoms with Crippen LogP contribution in [0.15, 0.2) is 40.9 Å². The van der Waals surface area contributed by atoms with Crippen molar-refractivity contribution < 1.29 is 19.2 Å². The van der Waals surface area contributed by atoms with Crippen LogP contribution in [0.25, 0.3) is 0 Å². The lowest BCUT2D eigenvalue weighted by Crippen LogP contribution is -2.36. The molecule has 7 nitrogen and oxygen atoms in total. The van der Waals surface area contributed by atoms with Gasteiger partial charge in [0.25, 0.3) is 5.69 Å². The zero-order valence-electron chi connectivity index (χ0n) is 15.1. The Hall–Kier alpha value is -2.61. The van der Waals surface area contributed by atoms with Crippen LogP contribution in [0.1, 0.15) is 23.2 Å². The Labute approximate surface area is 170 Å². The summed E-state index contributed by atoms with van der Waals surface area (Å²) in [5.74, 6) is 1.39. The van der Waals surface area contributed by atoms with Gasteiger partial charge in [-0.15, -0.1) is 0 Å². The third kappa shape index (κ3) is 3.69. The van der Waals surface area contributed by atoms with Crippen LogP contribution < -0.4 is 14.4 Å². The molecule has 8 heteroatoms. The molecule has 0 aliphatic carbocycles. The van der Waals surface area contributed by atoms with Gasteiger partial charge in [-0.1, -0.05) is 0 Å². The summed E-state index contributed by atoms with van der Waals surface area (Å²) in [5.41, 5.74) is 1.62. The number of halogens is 1. The van der Waals surface area contributed by atoms with Crippen LogP contribution in [-0.2, 0) is 0 Å². The fourth-order valence-corrected chi connectivity index (χ4v) is 4.30. The molecule has 0 spiro atoms. The molecule has 2 aliphatic heterocycles. The van der Waals surface area contributed by atoms with Gasteiger partial charge in [0.05, 0.1) is 10.6 Å². The van der Waals surface area contributed by atoms with Crippen molar-refractivity contribution in [1.82, 2.24) is 0 Å². The van der Waals surface area contributed by atoms with Gasteiger partial charge < -0.3 is 14.4 Å². The molecular formula is C20H19BrN2O5. The molecule has 2 heterocycles. The highest BCUT2D eigenvalue weighted by Gasteiger charge is 2.28. The number of nitro groups is 1. The van der Waals surface area contributed by atoms with Gasteiger partial charge in [0.2, 0.25) is 0 Å². The molecule has 0 radical (unpaired) electrons. The molecule has 0 unspecified atom stereocenters. The summed E-state index contributed by atoms with van der Waals surface area (Å²) in [6.07, 6.45) is 1.47. The van der Waals surface area contributed by atoms with E-state index < -0.39 is 4.92 Å². The predicted molar refractivity (Wildman–Crippen MR) is 107 cm³/mol. The topological polar surface area (TPSA) is 81.9 Å². The molecule has 0 saturated carbocycles. The molecule has 0 bridgehead atoms. The van der Waals surface area contributed by atoms with Gasteiger partial charge in [-0.2, -0.15) is 0 Å². The van der Waals surface area contributed by atoms with Crippen LogP contribution in [0.5, 0.6) is 11.5 Å². The number of hydrogen-bond acceptors (Lipinski definition) is 6. The number of benzene rings is 2. The summed E-state index contributed by atoms with van der Waals surface area (Å²) in [6.45, 7) is 2.46. The average Bonchev–Trinajstić information content (AvgIpc) is 2.73. The van der Waals surface area contributed by atoms with E-state index in [1.54, 1.807) is 24.3 Å². The zero-order valence-corrected chi connectivity index (χ0v) is 16.7. The number of Topliss-reactive ketones (excluding diaryl/α,β-unsaturated/α-hetero) is 1. The van der Waals surface area contributed by atoms with E-state index in [4.69, 9.17) is 9.47 Å². The molecule has 2 aromatic rings. The number of piperidine rings is 1. The third-order valence-electron chi connectivity index (χ3n) is 5.18. The van der Waals surface area contributed by atoms with Gasteiger partial charge in [-0.05, 0) is 53.0 Å². The van der Waals surface area contributed by atoms with Crippen molar-refractivity contribution in [2.24, 2.45) is 5.92 Å². The highest BCUT2D eigenvalue weighted by atomic mass is 79.9. The Kier molecular flexibility index (Phi) is 5.21. The summed E-state index contributed by atoms with van der Waals surface area (Å²) >= 11 is 3.43. The van der Waals surface area contributed by atoms with E-state index in [2.05, 4.69) is 20.8 Å². The number of ketones is 1. The zero-order chi connectivity index (χ0) is 19.7. The minimum absolute atomic E-state index is 0.0457. The Morgan fingerprint density at radius 1 is 1.07 bits per heavy atom. The highest BCUT2D eigenvalue weighted by Crippen LogP contribution is 2.35. The van der Waals surface area contributed by atoms with E-state index in [0.717, 1.165) is 31.6 Å². The normalized spacial score (nSPS) is 16.7. The Balaban J connectivity index is 1.43. The highest BCUT2D eigenvalue weighted by molar-refractivity contribution is 9.10. The first-order chi connectivity index (χ1) is 13.5. The van der Waals surface area contributed by atoms with Crippen LogP contribution in [0, 0.1) is 16.0 Å². The summed E-state index contributed by atoms with van der Waals surface area (Å²) in [7, 11) is 0. The minimum Gasteiger partial charge on any atom is -0.486 e. The molecule has 0 N–H and O–H groups in total. The molecule has 0 aromatic heterocycles. The lowest BCUT2D eigenvalue weighted by atomic mass is 9.88. The molecule has 146 valence electrons. The van der Waals surface area contributed by atoms with Crippen molar-refractivity contribution in [3.8, 4) is 11.5 Å². The van der Waals surface area contributed by atoms with Crippen LogP contribution >= 0.6 is 15.9 Å². The molecule has 1 saturated heterocycles. The number of hydrogen-bond donors (Lipinski definition) is 0. The number of fused-ring (bicyclic) bond motifs is 1. The first-order valence-corrected chi connectivity index (χ1v) is 9.95. The van der Waals surface area contributed by atoms with Gasteiger partial charge in [-0.25, -0.2) is 0 Å². The maximum absolute atomic E-state index is 12.9. The quantitative estimate of drug-likeness (QED) is 0.397. The monoisotopic (exact) mass is 446 g/mol. The van der Waals surface area contributed by atoms with E-state index in [-0.39, 0.29) is 17.4 Å². The maximum atomic E-state index is 12.9. The van der Waals surface area contributed by atoms with Gasteiger partial charge in [0.15, 0.2) is 17.3 Å². The molecule has 1 fully saturated rings. The van der Waals surface area contributed by atoms with Crippen LogP contribution in [-0.4, -0.2) is 37.0 Å². The van der Waals surface area contributed by atoms with E-state index >= 15 is 0 Å². The van der Waals surface area contributed by atoms with E-state index in [0.29, 0.717) is 34.7 Å². The molecule has 2 aliphatic rings. The third-order valence-corrected chi connectivity index (χ3v) is 5.81. The van der Waals surface area contributed by atoms with Crippen molar-refractivity contribution >= 4 is 33.1 Å². The van der Waals surface area contributed by atoms with Crippen molar-refractivity contribution in [1.29, 1.82) is 0 Å². The van der Waals surface area contributed by atoms with Gasteiger partial charge in [-0.3, -0.25) is 14.9 Å². The number of nitro benzene ring substituents is 1. The van der Waals surface area contributed by atoms with E-state index in [1.807, 2.05) is 0 Å². The molecular weight excluding hydrogens is 428 g/mol. The lowest BCUT2D eigenvalue weighted by molar-refractivity contribution is -0.384. The fraction of sp³-hybridized carbons (Fsp3) is 0.350. The smallest absolute Gasteiger partial charge is 0.270 e. The Bertz CT molecular complexity index is 925. The predicted octanol–water partition coefficient (Wildman–Crippen LogP) is 4.23. The van der Waals surface area contributed by atoms with E-state index in [1.165, 1.54) is 12.1 Å². The first-order valence-electron chi connectivity index (χ1n) is 9.15. The van der Waals surface area contributed by atoms with Crippen LogP contribution in [0.3, 0.4) is 0 Å². The van der Waals surface area contributed by atoms with Crippen molar-refractivity contribution in [3.63, 3.8) is 0 Å². The number of non-ortho nitro benzene ring substituents is 1. The maximum Gasteiger partial charge on any atom is 0.270 e. The Morgan fingerprint density at radius 2 is 1.79 bits per heavy atom. The van der Waals surface area contributed by atoms with Gasteiger partial charge >= 0.3 is 0 Å². The van der Waals surface area contributed by atoms with Gasteiger partial charge in [0.1, 0.15) is 13.2 Å². The largest absolute Gasteiger partial charge is 0.486 e. The first kappa shape index (κ1) is 18.7. The average molecular weight is 447 g/mol. The number of anilines is 1. The number of rotatable bonds is 4.